The number of carbonyl (C=O) groups excluding carboxylic acids is 1. The number of nitrogens with one attached hydrogen (secondary N) is 2. The van der Waals surface area contributed by atoms with E-state index >= 15 is 0 Å². The second-order valence-corrected chi connectivity index (χ2v) is 6.27. The van der Waals surface area contributed by atoms with Crippen molar-refractivity contribution < 1.29 is 9.90 Å². The van der Waals surface area contributed by atoms with E-state index in [0.29, 0.717) is 19.0 Å². The summed E-state index contributed by atoms with van der Waals surface area (Å²) < 4.78 is 0. The minimum Gasteiger partial charge on any atom is -0.393 e. The monoisotopic (exact) mass is 290 g/mol. The lowest BCUT2D eigenvalue weighted by Crippen LogP contribution is -2.37. The molecule has 1 aromatic rings. The van der Waals surface area contributed by atoms with Gasteiger partial charge in [-0.05, 0) is 62.6 Å². The van der Waals surface area contributed by atoms with Crippen molar-refractivity contribution >= 4 is 6.03 Å². The summed E-state index contributed by atoms with van der Waals surface area (Å²) in [5, 5.41) is 15.3. The molecule has 2 amide bonds. The minimum atomic E-state index is -0.183. The normalized spacial score (nSPS) is 21.3. The third kappa shape index (κ3) is 4.46. The van der Waals surface area contributed by atoms with E-state index in [4.69, 9.17) is 0 Å². The molecule has 1 aliphatic carbocycles. The molecule has 4 nitrogen and oxygen atoms in total. The van der Waals surface area contributed by atoms with Crippen LogP contribution in [0.5, 0.6) is 0 Å². The van der Waals surface area contributed by atoms with Gasteiger partial charge in [-0.15, -0.1) is 0 Å². The van der Waals surface area contributed by atoms with E-state index in [1.165, 1.54) is 22.3 Å². The summed E-state index contributed by atoms with van der Waals surface area (Å²) in [6, 6.07) is 4.15. The van der Waals surface area contributed by atoms with E-state index in [2.05, 4.69) is 43.5 Å². The highest BCUT2D eigenvalue weighted by molar-refractivity contribution is 5.73. The molecule has 0 heterocycles. The Morgan fingerprint density at radius 2 is 1.86 bits per heavy atom. The molecule has 21 heavy (non-hydrogen) atoms. The first-order valence-electron chi connectivity index (χ1n) is 7.72. The van der Waals surface area contributed by atoms with E-state index in [9.17, 15) is 9.90 Å². The standard InChI is InChI=1S/C17H26N2O2/c1-11-6-12(2)16(13(3)7-11)10-19-17(21)18-9-14-4-5-15(20)8-14/h6-7,14-15,20H,4-5,8-10H2,1-3H3,(H2,18,19,21)/t14-,15+/m0/s1. The van der Waals surface area contributed by atoms with Crippen LogP contribution in [0.15, 0.2) is 12.1 Å². The summed E-state index contributed by atoms with van der Waals surface area (Å²) >= 11 is 0. The lowest BCUT2D eigenvalue weighted by molar-refractivity contribution is 0.177. The first-order chi connectivity index (χ1) is 9.95. The Kier molecular flexibility index (Phi) is 5.23. The highest BCUT2D eigenvalue weighted by Gasteiger charge is 2.22. The lowest BCUT2D eigenvalue weighted by Gasteiger charge is -2.14. The van der Waals surface area contributed by atoms with Crippen LogP contribution in [0.1, 0.15) is 41.5 Å². The molecular formula is C17H26N2O2. The predicted octanol–water partition coefficient (Wildman–Crippen LogP) is 2.57. The smallest absolute Gasteiger partial charge is 0.315 e. The average molecular weight is 290 g/mol. The second kappa shape index (κ2) is 6.94. The van der Waals surface area contributed by atoms with E-state index in [1.54, 1.807) is 0 Å². The van der Waals surface area contributed by atoms with Crippen LogP contribution in [0.3, 0.4) is 0 Å². The van der Waals surface area contributed by atoms with Crippen LogP contribution in [-0.4, -0.2) is 23.8 Å². The Morgan fingerprint density at radius 1 is 1.19 bits per heavy atom. The molecule has 2 rings (SSSR count). The van der Waals surface area contributed by atoms with Gasteiger partial charge in [0.05, 0.1) is 6.10 Å². The Balaban J connectivity index is 1.79. The summed E-state index contributed by atoms with van der Waals surface area (Å²) in [4.78, 5) is 11.9. The van der Waals surface area contributed by atoms with E-state index in [0.717, 1.165) is 19.3 Å². The van der Waals surface area contributed by atoms with Crippen molar-refractivity contribution in [2.24, 2.45) is 5.92 Å². The number of benzene rings is 1. The van der Waals surface area contributed by atoms with Gasteiger partial charge >= 0.3 is 6.03 Å². The topological polar surface area (TPSA) is 61.4 Å². The number of carbonyl (C=O) groups is 1. The molecule has 0 aromatic heterocycles. The molecule has 0 radical (unpaired) electrons. The highest BCUT2D eigenvalue weighted by atomic mass is 16.3. The first-order valence-corrected chi connectivity index (χ1v) is 7.72. The molecule has 2 atom stereocenters. The summed E-state index contributed by atoms with van der Waals surface area (Å²) in [6.45, 7) is 7.44. The van der Waals surface area contributed by atoms with Gasteiger partial charge in [0.2, 0.25) is 0 Å². The maximum atomic E-state index is 11.9. The minimum absolute atomic E-state index is 0.129. The van der Waals surface area contributed by atoms with E-state index < -0.39 is 0 Å². The van der Waals surface area contributed by atoms with Crippen molar-refractivity contribution in [2.75, 3.05) is 6.54 Å². The Morgan fingerprint density at radius 3 is 2.43 bits per heavy atom. The van der Waals surface area contributed by atoms with Crippen molar-refractivity contribution in [2.45, 2.75) is 52.7 Å². The average Bonchev–Trinajstić information content (AvgIpc) is 2.81. The van der Waals surface area contributed by atoms with Gasteiger partial charge in [-0.2, -0.15) is 0 Å². The number of hydrogen-bond donors (Lipinski definition) is 3. The number of hydrogen-bond acceptors (Lipinski definition) is 2. The Bertz CT molecular complexity index is 491. The van der Waals surface area contributed by atoms with Gasteiger partial charge in [0.15, 0.2) is 0 Å². The summed E-state index contributed by atoms with van der Waals surface area (Å²) in [7, 11) is 0. The molecule has 1 fully saturated rings. The molecule has 4 heteroatoms. The van der Waals surface area contributed by atoms with Crippen molar-refractivity contribution in [1.29, 1.82) is 0 Å². The van der Waals surface area contributed by atoms with Crippen LogP contribution < -0.4 is 10.6 Å². The molecule has 3 N–H and O–H groups in total. The van der Waals surface area contributed by atoms with E-state index in [1.807, 2.05) is 0 Å². The van der Waals surface area contributed by atoms with Crippen LogP contribution in [0.25, 0.3) is 0 Å². The summed E-state index contributed by atoms with van der Waals surface area (Å²) in [5.74, 6) is 0.411. The molecule has 1 aliphatic rings. The number of aliphatic hydroxyl groups excluding tert-OH is 1. The third-order valence-electron chi connectivity index (χ3n) is 4.33. The van der Waals surface area contributed by atoms with E-state index in [-0.39, 0.29) is 12.1 Å². The fourth-order valence-electron chi connectivity index (χ4n) is 3.19. The van der Waals surface area contributed by atoms with Gasteiger partial charge in [0.25, 0.3) is 0 Å². The maximum Gasteiger partial charge on any atom is 0.315 e. The molecular weight excluding hydrogens is 264 g/mol. The lowest BCUT2D eigenvalue weighted by atomic mass is 10.00. The van der Waals surface area contributed by atoms with Gasteiger partial charge in [0.1, 0.15) is 0 Å². The fourth-order valence-corrected chi connectivity index (χ4v) is 3.19. The van der Waals surface area contributed by atoms with Gasteiger partial charge in [-0.1, -0.05) is 17.7 Å². The van der Waals surface area contributed by atoms with Crippen LogP contribution >= 0.6 is 0 Å². The molecule has 0 aliphatic heterocycles. The molecule has 0 bridgehead atoms. The largest absolute Gasteiger partial charge is 0.393 e. The second-order valence-electron chi connectivity index (χ2n) is 6.27. The van der Waals surface area contributed by atoms with Gasteiger partial charge in [-0.25, -0.2) is 4.79 Å². The number of aryl methyl sites for hydroxylation is 3. The summed E-state index contributed by atoms with van der Waals surface area (Å²) in [6.07, 6.45) is 2.47. The number of urea groups is 1. The van der Waals surface area contributed by atoms with Crippen molar-refractivity contribution in [3.8, 4) is 0 Å². The van der Waals surface area contributed by atoms with Gasteiger partial charge in [-0.3, -0.25) is 0 Å². The number of amides is 2. The number of aliphatic hydroxyl groups is 1. The molecule has 0 unspecified atom stereocenters. The van der Waals surface area contributed by atoms with Crippen LogP contribution in [-0.2, 0) is 6.54 Å². The molecule has 1 saturated carbocycles. The number of rotatable bonds is 4. The molecule has 116 valence electrons. The fraction of sp³-hybridized carbons (Fsp3) is 0.588. The first kappa shape index (κ1) is 15.8. The third-order valence-corrected chi connectivity index (χ3v) is 4.33. The molecule has 1 aromatic carbocycles. The van der Waals surface area contributed by atoms with Crippen molar-refractivity contribution in [3.63, 3.8) is 0 Å². The van der Waals surface area contributed by atoms with Crippen molar-refractivity contribution in [3.05, 3.63) is 34.4 Å². The van der Waals surface area contributed by atoms with Gasteiger partial charge < -0.3 is 15.7 Å². The molecule has 0 spiro atoms. The SMILES string of the molecule is Cc1cc(C)c(CNC(=O)NC[C@H]2CC[C@@H](O)C2)c(C)c1. The van der Waals surface area contributed by atoms with Crippen LogP contribution in [0.2, 0.25) is 0 Å². The maximum absolute atomic E-state index is 11.9. The Labute approximate surface area is 126 Å². The van der Waals surface area contributed by atoms with Crippen LogP contribution in [0, 0.1) is 26.7 Å². The zero-order valence-corrected chi connectivity index (χ0v) is 13.2. The van der Waals surface area contributed by atoms with Crippen molar-refractivity contribution in [1.82, 2.24) is 10.6 Å². The Hall–Kier alpha value is -1.55. The highest BCUT2D eigenvalue weighted by Crippen LogP contribution is 2.24. The predicted molar refractivity (Wildman–Crippen MR) is 84.2 cm³/mol. The summed E-state index contributed by atoms with van der Waals surface area (Å²) in [5.41, 5.74) is 4.86. The van der Waals surface area contributed by atoms with Gasteiger partial charge in [0, 0.05) is 13.1 Å². The molecule has 0 saturated heterocycles. The zero-order valence-electron chi connectivity index (χ0n) is 13.2. The quantitative estimate of drug-likeness (QED) is 0.798. The zero-order chi connectivity index (χ0) is 15.4. The van der Waals surface area contributed by atoms with Crippen LogP contribution in [0.4, 0.5) is 4.79 Å².